The van der Waals surface area contributed by atoms with E-state index in [1.165, 1.54) is 89.9 Å². The number of rotatable bonds is 2. The van der Waals surface area contributed by atoms with Crippen LogP contribution in [0.2, 0.25) is 0 Å². The maximum Gasteiger partial charge on any atom is 0.119 e. The van der Waals surface area contributed by atoms with Crippen LogP contribution in [0.3, 0.4) is 0 Å². The normalized spacial score (nSPS) is 23.5. The van der Waals surface area contributed by atoms with Gasteiger partial charge in [-0.15, -0.1) is 0 Å². The molecule has 3 nitrogen and oxygen atoms in total. The first-order valence-corrected chi connectivity index (χ1v) is 16.0. The molecule has 2 spiro atoms. The second-order valence-corrected chi connectivity index (χ2v) is 13.7. The zero-order valence-electron chi connectivity index (χ0n) is 22.1. The Morgan fingerprint density at radius 3 is 1.42 bits per heavy atom. The Kier molecular flexibility index (Phi) is 12.5. The molecule has 0 unspecified atom stereocenters. The monoisotopic (exact) mass is 650 g/mol. The molecular weight excluding hydrogens is 604 g/mol. The molecule has 4 fully saturated rings. The van der Waals surface area contributed by atoms with E-state index < -0.39 is 0 Å². The smallest absolute Gasteiger partial charge is 0.119 e. The molecule has 5 heteroatoms. The van der Waals surface area contributed by atoms with E-state index in [9.17, 15) is 5.11 Å². The summed E-state index contributed by atoms with van der Waals surface area (Å²) in [6.07, 6.45) is 22.1. The Morgan fingerprint density at radius 2 is 1.00 bits per heavy atom. The van der Waals surface area contributed by atoms with Gasteiger partial charge in [-0.2, -0.15) is 0 Å². The molecule has 2 aromatic carbocycles. The molecular formula is C33H48Br2O3. The predicted octanol–water partition coefficient (Wildman–Crippen LogP) is 10.6. The van der Waals surface area contributed by atoms with E-state index in [1.54, 1.807) is 24.3 Å². The SMILES string of the molecule is Brc1ccc(OC2CCC3(CCCC3)CC2)cc1.C.OC1CCC2(CCCC2)CC1.Oc1ccc(Br)cc1. The van der Waals surface area contributed by atoms with E-state index in [4.69, 9.17) is 9.84 Å². The van der Waals surface area contributed by atoms with Gasteiger partial charge >= 0.3 is 0 Å². The van der Waals surface area contributed by atoms with Gasteiger partial charge in [-0.3, -0.25) is 0 Å². The van der Waals surface area contributed by atoms with Gasteiger partial charge in [0.15, 0.2) is 0 Å². The van der Waals surface area contributed by atoms with Gasteiger partial charge in [0.25, 0.3) is 0 Å². The average molecular weight is 653 g/mol. The van der Waals surface area contributed by atoms with Crippen LogP contribution in [-0.2, 0) is 0 Å². The summed E-state index contributed by atoms with van der Waals surface area (Å²) in [6, 6.07) is 15.1. The number of aromatic hydroxyl groups is 1. The molecule has 2 N–H and O–H groups in total. The molecule has 2 aromatic rings. The lowest BCUT2D eigenvalue weighted by molar-refractivity contribution is 0.0657. The Balaban J connectivity index is 0.000000171. The molecule has 0 aliphatic heterocycles. The van der Waals surface area contributed by atoms with Gasteiger partial charge < -0.3 is 14.9 Å². The van der Waals surface area contributed by atoms with Gasteiger partial charge in [-0.25, -0.2) is 0 Å². The Morgan fingerprint density at radius 1 is 0.605 bits per heavy atom. The Labute approximate surface area is 248 Å². The zero-order valence-corrected chi connectivity index (χ0v) is 25.3. The number of benzene rings is 2. The molecule has 4 saturated carbocycles. The largest absolute Gasteiger partial charge is 0.508 e. The summed E-state index contributed by atoms with van der Waals surface area (Å²) >= 11 is 6.69. The van der Waals surface area contributed by atoms with E-state index in [0.29, 0.717) is 22.7 Å². The molecule has 0 saturated heterocycles. The molecule has 0 amide bonds. The third-order valence-electron chi connectivity index (χ3n) is 9.28. The minimum absolute atomic E-state index is 0. The van der Waals surface area contributed by atoms with Crippen LogP contribution in [0.15, 0.2) is 57.5 Å². The minimum Gasteiger partial charge on any atom is -0.508 e. The van der Waals surface area contributed by atoms with Gasteiger partial charge in [0.05, 0.1) is 12.2 Å². The fraction of sp³-hybridized carbons (Fsp3) is 0.636. The van der Waals surface area contributed by atoms with Crippen molar-refractivity contribution in [3.05, 3.63) is 57.5 Å². The summed E-state index contributed by atoms with van der Waals surface area (Å²) in [5.74, 6) is 1.32. The van der Waals surface area contributed by atoms with Crippen molar-refractivity contribution in [1.29, 1.82) is 0 Å². The number of phenols is 1. The van der Waals surface area contributed by atoms with Gasteiger partial charge in [0.2, 0.25) is 0 Å². The van der Waals surface area contributed by atoms with E-state index >= 15 is 0 Å². The first-order valence-electron chi connectivity index (χ1n) is 14.4. The molecule has 0 bridgehead atoms. The summed E-state index contributed by atoms with van der Waals surface area (Å²) in [5.41, 5.74) is 1.40. The Hall–Kier alpha value is -1.04. The summed E-state index contributed by atoms with van der Waals surface area (Å²) < 4.78 is 8.19. The van der Waals surface area contributed by atoms with E-state index in [-0.39, 0.29) is 13.5 Å². The van der Waals surface area contributed by atoms with Crippen LogP contribution in [0.4, 0.5) is 0 Å². The number of aliphatic hydroxyl groups excluding tert-OH is 1. The van der Waals surface area contributed by atoms with Crippen LogP contribution >= 0.6 is 31.9 Å². The summed E-state index contributed by atoms with van der Waals surface area (Å²) in [4.78, 5) is 0. The number of halogens is 2. The average Bonchev–Trinajstić information content (AvgIpc) is 3.57. The highest BCUT2D eigenvalue weighted by Gasteiger charge is 2.38. The zero-order chi connectivity index (χ0) is 26.1. The first-order chi connectivity index (χ1) is 17.9. The maximum atomic E-state index is 9.35. The van der Waals surface area contributed by atoms with Crippen molar-refractivity contribution in [1.82, 2.24) is 0 Å². The quantitative estimate of drug-likeness (QED) is 0.340. The van der Waals surface area contributed by atoms with Gasteiger partial charge in [-0.05, 0) is 136 Å². The van der Waals surface area contributed by atoms with Crippen molar-refractivity contribution >= 4 is 31.9 Å². The van der Waals surface area contributed by atoms with Crippen molar-refractivity contribution in [2.75, 3.05) is 0 Å². The lowest BCUT2D eigenvalue weighted by Gasteiger charge is -2.37. The highest BCUT2D eigenvalue weighted by molar-refractivity contribution is 9.10. The van der Waals surface area contributed by atoms with E-state index in [2.05, 4.69) is 56.1 Å². The van der Waals surface area contributed by atoms with Crippen LogP contribution in [0.5, 0.6) is 11.5 Å². The molecule has 0 aromatic heterocycles. The number of phenolic OH excluding ortho intramolecular Hbond substituents is 1. The van der Waals surface area contributed by atoms with Crippen molar-refractivity contribution in [2.45, 2.75) is 122 Å². The van der Waals surface area contributed by atoms with Crippen LogP contribution in [0.25, 0.3) is 0 Å². The molecule has 0 atom stereocenters. The van der Waals surface area contributed by atoms with Crippen molar-refractivity contribution in [3.8, 4) is 11.5 Å². The van der Waals surface area contributed by atoms with E-state index in [1.807, 2.05) is 0 Å². The predicted molar refractivity (Wildman–Crippen MR) is 166 cm³/mol. The van der Waals surface area contributed by atoms with Crippen molar-refractivity contribution in [2.24, 2.45) is 10.8 Å². The third kappa shape index (κ3) is 9.55. The highest BCUT2D eigenvalue weighted by atomic mass is 79.9. The fourth-order valence-electron chi connectivity index (χ4n) is 6.93. The molecule has 6 rings (SSSR count). The molecule has 0 radical (unpaired) electrons. The third-order valence-corrected chi connectivity index (χ3v) is 10.3. The molecule has 38 heavy (non-hydrogen) atoms. The fourth-order valence-corrected chi connectivity index (χ4v) is 7.46. The number of hydrogen-bond donors (Lipinski definition) is 2. The molecule has 212 valence electrons. The van der Waals surface area contributed by atoms with Gasteiger partial charge in [-0.1, -0.05) is 65.0 Å². The second kappa shape index (κ2) is 15.1. The molecule has 0 heterocycles. The summed E-state index contributed by atoms with van der Waals surface area (Å²) in [6.45, 7) is 0. The van der Waals surface area contributed by atoms with Crippen LogP contribution in [0.1, 0.15) is 110 Å². The van der Waals surface area contributed by atoms with Crippen molar-refractivity contribution < 1.29 is 14.9 Å². The lowest BCUT2D eigenvalue weighted by Crippen LogP contribution is -2.30. The second-order valence-electron chi connectivity index (χ2n) is 11.9. The van der Waals surface area contributed by atoms with Crippen LogP contribution in [-0.4, -0.2) is 22.4 Å². The minimum atomic E-state index is 0. The standard InChI is InChI=1S/C16H21BrO.C10H18O.C6H5BrO.CH4/c17-13-3-5-14(6-4-13)18-15-7-11-16(12-8-15)9-1-2-10-16;11-9-3-7-10(8-4-9)5-1-2-6-10;7-5-1-3-6(8)4-2-5;/h3-6,15H,1-2,7-12H2;9,11H,1-8H2;1-4,8H;1H4. The van der Waals surface area contributed by atoms with Crippen LogP contribution in [0, 0.1) is 10.8 Å². The maximum absolute atomic E-state index is 9.35. The Bertz CT molecular complexity index is 891. The lowest BCUT2D eigenvalue weighted by atomic mass is 9.72. The van der Waals surface area contributed by atoms with E-state index in [0.717, 1.165) is 27.5 Å². The number of hydrogen-bond acceptors (Lipinski definition) is 3. The highest BCUT2D eigenvalue weighted by Crippen LogP contribution is 2.50. The molecule has 4 aliphatic carbocycles. The molecule has 4 aliphatic rings. The first kappa shape index (κ1) is 31.5. The van der Waals surface area contributed by atoms with Crippen LogP contribution < -0.4 is 4.74 Å². The van der Waals surface area contributed by atoms with Gasteiger partial charge in [0, 0.05) is 8.95 Å². The van der Waals surface area contributed by atoms with Gasteiger partial charge in [0.1, 0.15) is 11.5 Å². The summed E-state index contributed by atoms with van der Waals surface area (Å²) in [7, 11) is 0. The topological polar surface area (TPSA) is 49.7 Å². The number of aliphatic hydroxyl groups is 1. The number of ether oxygens (including phenoxy) is 1. The van der Waals surface area contributed by atoms with Crippen molar-refractivity contribution in [3.63, 3.8) is 0 Å². The summed E-state index contributed by atoms with van der Waals surface area (Å²) in [5, 5.41) is 18.1.